The predicted molar refractivity (Wildman–Crippen MR) is 68.1 cm³/mol. The van der Waals surface area contributed by atoms with Crippen molar-refractivity contribution in [3.05, 3.63) is 23.8 Å². The third-order valence-electron chi connectivity index (χ3n) is 2.74. The third-order valence-corrected chi connectivity index (χ3v) is 2.74. The minimum atomic E-state index is -2.92. The monoisotopic (exact) mass is 284 g/mol. The molecule has 1 N–H and O–H groups in total. The van der Waals surface area contributed by atoms with Crippen LogP contribution in [0.4, 0.5) is 8.78 Å². The van der Waals surface area contributed by atoms with Crippen molar-refractivity contribution in [1.29, 1.82) is 0 Å². The van der Waals surface area contributed by atoms with Crippen LogP contribution in [0.25, 0.3) is 0 Å². The van der Waals surface area contributed by atoms with E-state index in [-0.39, 0.29) is 23.3 Å². The molecular formula is C13H14F2N2O3. The second-order valence-corrected chi connectivity index (χ2v) is 4.30. The first-order valence-corrected chi connectivity index (χ1v) is 6.06. The highest BCUT2D eigenvalue weighted by molar-refractivity contribution is 5.84. The number of nitrogens with zero attached hydrogens (tertiary/aromatic N) is 1. The van der Waals surface area contributed by atoms with Crippen molar-refractivity contribution >= 4 is 12.1 Å². The fourth-order valence-corrected chi connectivity index (χ4v) is 1.57. The summed E-state index contributed by atoms with van der Waals surface area (Å²) in [6, 6.07) is 4.38. The molecule has 5 nitrogen and oxygen atoms in total. The first-order valence-electron chi connectivity index (χ1n) is 6.06. The number of halogens is 2. The van der Waals surface area contributed by atoms with E-state index in [1.807, 2.05) is 0 Å². The molecule has 0 bridgehead atoms. The highest BCUT2D eigenvalue weighted by Crippen LogP contribution is 2.29. The molecule has 1 fully saturated rings. The molecule has 1 saturated carbocycles. The van der Waals surface area contributed by atoms with Gasteiger partial charge in [-0.15, -0.1) is 0 Å². The molecule has 0 saturated heterocycles. The Morgan fingerprint density at radius 2 is 2.20 bits per heavy atom. The Bertz CT molecular complexity index is 516. The number of carbonyl (C=O) groups is 1. The van der Waals surface area contributed by atoms with Crippen LogP contribution < -0.4 is 14.9 Å². The summed E-state index contributed by atoms with van der Waals surface area (Å²) >= 11 is 0. The van der Waals surface area contributed by atoms with Crippen LogP contribution in [0.2, 0.25) is 0 Å². The van der Waals surface area contributed by atoms with Gasteiger partial charge in [0.2, 0.25) is 5.91 Å². The molecule has 108 valence electrons. The molecule has 0 radical (unpaired) electrons. The van der Waals surface area contributed by atoms with E-state index in [4.69, 9.17) is 4.74 Å². The maximum absolute atomic E-state index is 12.2. The van der Waals surface area contributed by atoms with Gasteiger partial charge < -0.3 is 9.47 Å². The van der Waals surface area contributed by atoms with Crippen molar-refractivity contribution in [2.75, 3.05) is 7.11 Å². The average Bonchev–Trinajstić information content (AvgIpc) is 3.24. The Morgan fingerprint density at radius 3 is 2.80 bits per heavy atom. The lowest BCUT2D eigenvalue weighted by molar-refractivity contribution is -0.122. The van der Waals surface area contributed by atoms with E-state index in [0.29, 0.717) is 5.56 Å². The first-order chi connectivity index (χ1) is 9.60. The van der Waals surface area contributed by atoms with Crippen molar-refractivity contribution in [3.8, 4) is 11.5 Å². The van der Waals surface area contributed by atoms with Crippen LogP contribution >= 0.6 is 0 Å². The first kappa shape index (κ1) is 14.2. The number of hydrazone groups is 1. The second kappa shape index (κ2) is 6.31. The summed E-state index contributed by atoms with van der Waals surface area (Å²) in [6.07, 6.45) is 3.21. The number of amides is 1. The van der Waals surface area contributed by atoms with Crippen LogP contribution in [0.1, 0.15) is 18.4 Å². The molecule has 1 aromatic rings. The predicted octanol–water partition coefficient (Wildman–Crippen LogP) is 2.16. The second-order valence-electron chi connectivity index (χ2n) is 4.30. The number of carbonyl (C=O) groups excluding carboxylic acids is 1. The van der Waals surface area contributed by atoms with Gasteiger partial charge in [0.05, 0.1) is 13.3 Å². The Morgan fingerprint density at radius 1 is 1.45 bits per heavy atom. The molecule has 0 spiro atoms. The fraction of sp³-hybridized carbons (Fsp3) is 0.385. The number of nitrogens with one attached hydrogen (secondary N) is 1. The van der Waals surface area contributed by atoms with Gasteiger partial charge in [-0.1, -0.05) is 0 Å². The third kappa shape index (κ3) is 3.91. The molecule has 20 heavy (non-hydrogen) atoms. The zero-order valence-electron chi connectivity index (χ0n) is 10.8. The van der Waals surface area contributed by atoms with E-state index in [1.165, 1.54) is 31.5 Å². The topological polar surface area (TPSA) is 59.9 Å². The standard InChI is InChI=1S/C13H14F2N2O3/c1-19-11-6-8(2-5-10(11)20-13(14)15)7-16-17-12(18)9-3-4-9/h2,5-7,9,13H,3-4H2,1H3,(H,17,18)/b16-7+. The van der Waals surface area contributed by atoms with Gasteiger partial charge in [0.25, 0.3) is 0 Å². The maximum atomic E-state index is 12.2. The number of methoxy groups -OCH3 is 1. The SMILES string of the molecule is COc1cc(/C=N/NC(=O)C2CC2)ccc1OC(F)F. The quantitative estimate of drug-likeness (QED) is 0.643. The molecule has 7 heteroatoms. The molecule has 0 aromatic heterocycles. The van der Waals surface area contributed by atoms with Gasteiger partial charge in [-0.3, -0.25) is 4.79 Å². The Labute approximate surface area is 114 Å². The number of benzene rings is 1. The summed E-state index contributed by atoms with van der Waals surface area (Å²) in [7, 11) is 1.35. The molecule has 1 aliphatic rings. The summed E-state index contributed by atoms with van der Waals surface area (Å²) in [5.41, 5.74) is 3.01. The number of hydrogen-bond donors (Lipinski definition) is 1. The average molecular weight is 284 g/mol. The zero-order chi connectivity index (χ0) is 14.5. The lowest BCUT2D eigenvalue weighted by atomic mass is 10.2. The Balaban J connectivity index is 2.00. The van der Waals surface area contributed by atoms with Gasteiger partial charge in [-0.05, 0) is 36.6 Å². The van der Waals surface area contributed by atoms with E-state index in [9.17, 15) is 13.6 Å². The van der Waals surface area contributed by atoms with Gasteiger partial charge >= 0.3 is 6.61 Å². The van der Waals surface area contributed by atoms with Crippen molar-refractivity contribution in [2.45, 2.75) is 19.5 Å². The number of ether oxygens (including phenoxy) is 2. The number of hydrogen-bond acceptors (Lipinski definition) is 4. The lowest BCUT2D eigenvalue weighted by Crippen LogP contribution is -2.18. The van der Waals surface area contributed by atoms with Crippen molar-refractivity contribution in [1.82, 2.24) is 5.43 Å². The molecule has 0 atom stereocenters. The highest BCUT2D eigenvalue weighted by Gasteiger charge is 2.29. The molecule has 0 unspecified atom stereocenters. The van der Waals surface area contributed by atoms with Crippen LogP contribution in [-0.4, -0.2) is 25.8 Å². The van der Waals surface area contributed by atoms with E-state index in [0.717, 1.165) is 12.8 Å². The minimum absolute atomic E-state index is 0.0540. The number of alkyl halides is 2. The van der Waals surface area contributed by atoms with Gasteiger partial charge in [0.15, 0.2) is 11.5 Å². The summed E-state index contributed by atoms with van der Waals surface area (Å²) < 4.78 is 33.6. The fourth-order valence-electron chi connectivity index (χ4n) is 1.57. The smallest absolute Gasteiger partial charge is 0.387 e. The summed E-state index contributed by atoms with van der Waals surface area (Å²) in [5.74, 6) is 0.0822. The largest absolute Gasteiger partial charge is 0.493 e. The van der Waals surface area contributed by atoms with E-state index < -0.39 is 6.61 Å². The van der Waals surface area contributed by atoms with Crippen LogP contribution in [0.3, 0.4) is 0 Å². The normalized spacial score (nSPS) is 14.6. The highest BCUT2D eigenvalue weighted by atomic mass is 19.3. The zero-order valence-corrected chi connectivity index (χ0v) is 10.8. The van der Waals surface area contributed by atoms with Crippen LogP contribution in [-0.2, 0) is 4.79 Å². The maximum Gasteiger partial charge on any atom is 0.387 e. The summed E-state index contributed by atoms with van der Waals surface area (Å²) in [4.78, 5) is 11.3. The molecule has 1 aliphatic carbocycles. The lowest BCUT2D eigenvalue weighted by Gasteiger charge is -2.09. The summed E-state index contributed by atoms with van der Waals surface area (Å²) in [6.45, 7) is -2.92. The molecule has 0 aliphatic heterocycles. The minimum Gasteiger partial charge on any atom is -0.493 e. The van der Waals surface area contributed by atoms with Crippen molar-refractivity contribution in [2.24, 2.45) is 11.0 Å². The van der Waals surface area contributed by atoms with Crippen LogP contribution in [0.5, 0.6) is 11.5 Å². The number of rotatable bonds is 6. The van der Waals surface area contributed by atoms with Crippen LogP contribution in [0.15, 0.2) is 23.3 Å². The van der Waals surface area contributed by atoms with Crippen molar-refractivity contribution < 1.29 is 23.0 Å². The van der Waals surface area contributed by atoms with E-state index >= 15 is 0 Å². The van der Waals surface area contributed by atoms with Gasteiger partial charge in [-0.25, -0.2) is 5.43 Å². The molecule has 0 heterocycles. The molecule has 1 amide bonds. The van der Waals surface area contributed by atoms with Gasteiger partial charge in [0.1, 0.15) is 0 Å². The Hall–Kier alpha value is -2.18. The summed E-state index contributed by atoms with van der Waals surface area (Å²) in [5, 5.41) is 3.80. The Kier molecular flexibility index (Phi) is 4.49. The molecule has 1 aromatic carbocycles. The van der Waals surface area contributed by atoms with Gasteiger partial charge in [0, 0.05) is 5.92 Å². The van der Waals surface area contributed by atoms with E-state index in [2.05, 4.69) is 15.3 Å². The molecular weight excluding hydrogens is 270 g/mol. The molecule has 2 rings (SSSR count). The van der Waals surface area contributed by atoms with Crippen LogP contribution in [0, 0.1) is 5.92 Å². The van der Waals surface area contributed by atoms with Crippen molar-refractivity contribution in [3.63, 3.8) is 0 Å². The van der Waals surface area contributed by atoms with Gasteiger partial charge in [-0.2, -0.15) is 13.9 Å². The van der Waals surface area contributed by atoms with E-state index in [1.54, 1.807) is 0 Å².